The number of aromatic nitrogens is 3. The summed E-state index contributed by atoms with van der Waals surface area (Å²) in [7, 11) is 0. The van der Waals surface area contributed by atoms with Crippen LogP contribution < -0.4 is 0 Å². The van der Waals surface area contributed by atoms with Crippen molar-refractivity contribution in [2.75, 3.05) is 6.54 Å². The van der Waals surface area contributed by atoms with E-state index in [0.717, 1.165) is 38.2 Å². The van der Waals surface area contributed by atoms with Crippen molar-refractivity contribution < 1.29 is 4.79 Å². The lowest BCUT2D eigenvalue weighted by Gasteiger charge is -2.29. The minimum atomic E-state index is 0.0678. The fourth-order valence-corrected chi connectivity index (χ4v) is 2.95. The van der Waals surface area contributed by atoms with E-state index in [-0.39, 0.29) is 11.8 Å². The molecule has 22 heavy (non-hydrogen) atoms. The SMILES string of the molecule is CC(CCCc1ccccc1)C(=O)N1CCn2cnnc2C1. The molecule has 0 N–H and O–H groups in total. The highest BCUT2D eigenvalue weighted by Gasteiger charge is 2.25. The van der Waals surface area contributed by atoms with Crippen LogP contribution in [0.1, 0.15) is 31.2 Å². The molecule has 1 aliphatic rings. The predicted octanol–water partition coefficient (Wildman–Crippen LogP) is 2.28. The molecule has 1 amide bonds. The number of hydrogen-bond donors (Lipinski definition) is 0. The third-order valence-corrected chi connectivity index (χ3v) is 4.32. The average Bonchev–Trinajstić information content (AvgIpc) is 3.02. The zero-order chi connectivity index (χ0) is 15.4. The molecular formula is C17H22N4O. The van der Waals surface area contributed by atoms with Gasteiger partial charge in [-0.05, 0) is 24.8 Å². The Morgan fingerprint density at radius 3 is 2.91 bits per heavy atom. The van der Waals surface area contributed by atoms with Crippen molar-refractivity contribution >= 4 is 5.91 Å². The van der Waals surface area contributed by atoms with Crippen molar-refractivity contribution in [1.82, 2.24) is 19.7 Å². The lowest BCUT2D eigenvalue weighted by molar-refractivity contribution is -0.136. The maximum atomic E-state index is 12.5. The lowest BCUT2D eigenvalue weighted by atomic mass is 9.99. The fourth-order valence-electron chi connectivity index (χ4n) is 2.95. The van der Waals surface area contributed by atoms with Crippen LogP contribution in [0.4, 0.5) is 0 Å². The molecule has 0 saturated heterocycles. The first-order valence-electron chi connectivity index (χ1n) is 7.93. The Morgan fingerprint density at radius 1 is 1.27 bits per heavy atom. The summed E-state index contributed by atoms with van der Waals surface area (Å²) in [6.45, 7) is 4.17. The van der Waals surface area contributed by atoms with Crippen LogP contribution in [0.2, 0.25) is 0 Å². The molecule has 0 fully saturated rings. The van der Waals surface area contributed by atoms with E-state index in [4.69, 9.17) is 0 Å². The Labute approximate surface area is 131 Å². The largest absolute Gasteiger partial charge is 0.333 e. The molecule has 0 radical (unpaired) electrons. The smallest absolute Gasteiger partial charge is 0.225 e. The van der Waals surface area contributed by atoms with Crippen molar-refractivity contribution in [3.63, 3.8) is 0 Å². The maximum absolute atomic E-state index is 12.5. The first kappa shape index (κ1) is 14.8. The van der Waals surface area contributed by atoms with Crippen LogP contribution in [0.15, 0.2) is 36.7 Å². The summed E-state index contributed by atoms with van der Waals surface area (Å²) in [5.41, 5.74) is 1.34. The predicted molar refractivity (Wildman–Crippen MR) is 84.0 cm³/mol. The fraction of sp³-hybridized carbons (Fsp3) is 0.471. The summed E-state index contributed by atoms with van der Waals surface area (Å²) in [5.74, 6) is 1.19. The van der Waals surface area contributed by atoms with E-state index in [1.807, 2.05) is 22.5 Å². The van der Waals surface area contributed by atoms with Crippen molar-refractivity contribution in [1.29, 1.82) is 0 Å². The normalized spacial score (nSPS) is 15.4. The molecule has 1 atom stereocenters. The third-order valence-electron chi connectivity index (χ3n) is 4.32. The molecule has 0 aliphatic carbocycles. The molecule has 1 aromatic carbocycles. The van der Waals surface area contributed by atoms with Crippen LogP contribution in [0.5, 0.6) is 0 Å². The molecule has 1 aromatic heterocycles. The van der Waals surface area contributed by atoms with Crippen LogP contribution in [0.25, 0.3) is 0 Å². The van der Waals surface area contributed by atoms with Gasteiger partial charge in [0.25, 0.3) is 0 Å². The first-order valence-corrected chi connectivity index (χ1v) is 7.93. The van der Waals surface area contributed by atoms with Gasteiger partial charge in [0, 0.05) is 19.0 Å². The van der Waals surface area contributed by atoms with E-state index in [9.17, 15) is 4.79 Å². The van der Waals surface area contributed by atoms with Gasteiger partial charge in [0.15, 0.2) is 5.82 Å². The van der Waals surface area contributed by atoms with Gasteiger partial charge in [-0.25, -0.2) is 0 Å². The zero-order valence-corrected chi connectivity index (χ0v) is 13.0. The molecule has 5 nitrogen and oxygen atoms in total. The van der Waals surface area contributed by atoms with E-state index in [1.54, 1.807) is 6.33 Å². The third kappa shape index (κ3) is 3.35. The second-order valence-corrected chi connectivity index (χ2v) is 5.98. The second-order valence-electron chi connectivity index (χ2n) is 5.98. The molecular weight excluding hydrogens is 276 g/mol. The van der Waals surface area contributed by atoms with Gasteiger partial charge < -0.3 is 9.47 Å². The van der Waals surface area contributed by atoms with E-state index >= 15 is 0 Å². The Hall–Kier alpha value is -2.17. The van der Waals surface area contributed by atoms with Gasteiger partial charge in [-0.15, -0.1) is 10.2 Å². The minimum absolute atomic E-state index is 0.0678. The highest BCUT2D eigenvalue weighted by molar-refractivity contribution is 5.78. The highest BCUT2D eigenvalue weighted by atomic mass is 16.2. The Bertz CT molecular complexity index is 623. The Kier molecular flexibility index (Phi) is 4.51. The number of nitrogens with zero attached hydrogens (tertiary/aromatic N) is 4. The van der Waals surface area contributed by atoms with E-state index in [1.165, 1.54) is 5.56 Å². The minimum Gasteiger partial charge on any atom is -0.333 e. The van der Waals surface area contributed by atoms with Crippen LogP contribution in [0.3, 0.4) is 0 Å². The van der Waals surface area contributed by atoms with Gasteiger partial charge >= 0.3 is 0 Å². The van der Waals surface area contributed by atoms with Crippen molar-refractivity contribution in [2.24, 2.45) is 5.92 Å². The molecule has 0 bridgehead atoms. The number of rotatable bonds is 5. The molecule has 2 heterocycles. The molecule has 3 rings (SSSR count). The molecule has 5 heteroatoms. The number of carbonyl (C=O) groups excluding carboxylic acids is 1. The standard InChI is InChI=1S/C17H22N4O/c1-14(6-5-9-15-7-3-2-4-8-15)17(22)20-10-11-21-13-18-19-16(21)12-20/h2-4,7-8,13-14H,5-6,9-12H2,1H3. The number of benzene rings is 1. The summed E-state index contributed by atoms with van der Waals surface area (Å²) < 4.78 is 2.02. The lowest BCUT2D eigenvalue weighted by Crippen LogP contribution is -2.41. The highest BCUT2D eigenvalue weighted by Crippen LogP contribution is 2.17. The van der Waals surface area contributed by atoms with Gasteiger partial charge in [-0.2, -0.15) is 0 Å². The maximum Gasteiger partial charge on any atom is 0.225 e. The topological polar surface area (TPSA) is 51.0 Å². The Balaban J connectivity index is 1.48. The molecule has 116 valence electrons. The van der Waals surface area contributed by atoms with Gasteiger partial charge in [-0.3, -0.25) is 4.79 Å². The summed E-state index contributed by atoms with van der Waals surface area (Å²) in [4.78, 5) is 14.5. The van der Waals surface area contributed by atoms with E-state index in [0.29, 0.717) is 6.54 Å². The number of aryl methyl sites for hydroxylation is 1. The quantitative estimate of drug-likeness (QED) is 0.851. The summed E-state index contributed by atoms with van der Waals surface area (Å²) in [6, 6.07) is 10.4. The second kappa shape index (κ2) is 6.73. The molecule has 0 saturated carbocycles. The Morgan fingerprint density at radius 2 is 2.09 bits per heavy atom. The van der Waals surface area contributed by atoms with Crippen molar-refractivity contribution in [3.8, 4) is 0 Å². The summed E-state index contributed by atoms with van der Waals surface area (Å²) in [6.07, 6.45) is 4.74. The molecule has 1 aliphatic heterocycles. The van der Waals surface area contributed by atoms with Crippen LogP contribution in [-0.4, -0.2) is 32.1 Å². The number of fused-ring (bicyclic) bond motifs is 1. The van der Waals surface area contributed by atoms with Gasteiger partial charge in [0.2, 0.25) is 5.91 Å². The van der Waals surface area contributed by atoms with Crippen LogP contribution in [-0.2, 0) is 24.3 Å². The number of carbonyl (C=O) groups is 1. The van der Waals surface area contributed by atoms with E-state index < -0.39 is 0 Å². The number of amides is 1. The summed E-state index contributed by atoms with van der Waals surface area (Å²) >= 11 is 0. The molecule has 0 spiro atoms. The monoisotopic (exact) mass is 298 g/mol. The van der Waals surface area contributed by atoms with Crippen molar-refractivity contribution in [3.05, 3.63) is 48.0 Å². The van der Waals surface area contributed by atoms with Crippen molar-refractivity contribution in [2.45, 2.75) is 39.3 Å². The van der Waals surface area contributed by atoms with Gasteiger partial charge in [0.05, 0.1) is 6.54 Å². The van der Waals surface area contributed by atoms with E-state index in [2.05, 4.69) is 34.5 Å². The molecule has 2 aromatic rings. The first-order chi connectivity index (χ1) is 10.7. The summed E-state index contributed by atoms with van der Waals surface area (Å²) in [5, 5.41) is 7.97. The average molecular weight is 298 g/mol. The van der Waals surface area contributed by atoms with Gasteiger partial charge in [-0.1, -0.05) is 37.3 Å². The van der Waals surface area contributed by atoms with Crippen LogP contribution in [0, 0.1) is 5.92 Å². The zero-order valence-electron chi connectivity index (χ0n) is 13.0. The van der Waals surface area contributed by atoms with Gasteiger partial charge in [0.1, 0.15) is 6.33 Å². The van der Waals surface area contributed by atoms with Crippen LogP contribution >= 0.6 is 0 Å². The number of hydrogen-bond acceptors (Lipinski definition) is 3. The molecule has 1 unspecified atom stereocenters.